The first kappa shape index (κ1) is 10.4. The Morgan fingerprint density at radius 1 is 1.05 bits per heavy atom. The van der Waals surface area contributed by atoms with Gasteiger partial charge in [0.05, 0.1) is 12.0 Å². The number of ketones is 1. The van der Waals surface area contributed by atoms with E-state index in [2.05, 4.69) is 34.1 Å². The third kappa shape index (κ3) is 1.15. The van der Waals surface area contributed by atoms with Gasteiger partial charge in [0, 0.05) is 37.2 Å². The van der Waals surface area contributed by atoms with Crippen LogP contribution < -0.4 is 4.90 Å². The molecule has 1 aromatic carbocycles. The van der Waals surface area contributed by atoms with Crippen LogP contribution in [0.2, 0.25) is 0 Å². The van der Waals surface area contributed by atoms with Crippen LogP contribution in [0.25, 0.3) is 0 Å². The summed E-state index contributed by atoms with van der Waals surface area (Å²) in [5, 5.41) is 0. The molecule has 0 amide bonds. The quantitative estimate of drug-likeness (QED) is 0.703. The lowest BCUT2D eigenvalue weighted by Crippen LogP contribution is -2.57. The zero-order valence-electron chi connectivity index (χ0n) is 11.0. The highest BCUT2D eigenvalue weighted by Crippen LogP contribution is 2.53. The zero-order chi connectivity index (χ0) is 12.6. The molecule has 3 saturated heterocycles. The molecule has 0 bridgehead atoms. The van der Waals surface area contributed by atoms with Crippen LogP contribution in [-0.2, 0) is 4.79 Å². The minimum atomic E-state index is 0.273. The van der Waals surface area contributed by atoms with Crippen molar-refractivity contribution in [1.29, 1.82) is 0 Å². The second-order valence-corrected chi connectivity index (χ2v) is 6.45. The Morgan fingerprint density at radius 3 is 2.89 bits per heavy atom. The van der Waals surface area contributed by atoms with Crippen LogP contribution in [0, 0.1) is 5.92 Å². The van der Waals surface area contributed by atoms with Crippen LogP contribution >= 0.6 is 0 Å². The van der Waals surface area contributed by atoms with Gasteiger partial charge < -0.3 is 4.90 Å². The number of carbonyl (C=O) groups excluding carboxylic acids is 1. The molecule has 1 aromatic rings. The minimum absolute atomic E-state index is 0.273. The van der Waals surface area contributed by atoms with Gasteiger partial charge in [0.1, 0.15) is 5.78 Å². The van der Waals surface area contributed by atoms with Crippen LogP contribution in [0.4, 0.5) is 5.69 Å². The van der Waals surface area contributed by atoms with E-state index in [0.29, 0.717) is 23.8 Å². The first-order valence-electron chi connectivity index (χ1n) is 7.47. The van der Waals surface area contributed by atoms with Crippen molar-refractivity contribution in [2.24, 2.45) is 5.92 Å². The molecule has 4 atom stereocenters. The molecule has 0 aromatic heterocycles. The number of piperidine rings is 2. The van der Waals surface area contributed by atoms with Gasteiger partial charge in [-0.25, -0.2) is 0 Å². The number of anilines is 1. The minimum Gasteiger partial charge on any atom is -0.365 e. The number of benzene rings is 1. The zero-order valence-corrected chi connectivity index (χ0v) is 11.0. The molecule has 0 saturated carbocycles. The van der Waals surface area contributed by atoms with Gasteiger partial charge >= 0.3 is 0 Å². The van der Waals surface area contributed by atoms with E-state index in [1.807, 2.05) is 0 Å². The lowest BCUT2D eigenvalue weighted by molar-refractivity contribution is -0.128. The molecule has 0 spiro atoms. The van der Waals surface area contributed by atoms with Gasteiger partial charge in [0.2, 0.25) is 0 Å². The van der Waals surface area contributed by atoms with E-state index in [0.717, 1.165) is 19.5 Å². The SMILES string of the molecule is O=C1CCN2CCC3c4ccccc4N4CC1C2C34. The van der Waals surface area contributed by atoms with E-state index in [1.54, 1.807) is 0 Å². The molecule has 4 unspecified atom stereocenters. The van der Waals surface area contributed by atoms with E-state index in [4.69, 9.17) is 0 Å². The number of rotatable bonds is 0. The highest BCUT2D eigenvalue weighted by atomic mass is 16.1. The Kier molecular flexibility index (Phi) is 1.87. The Hall–Kier alpha value is -1.35. The Morgan fingerprint density at radius 2 is 1.95 bits per heavy atom. The van der Waals surface area contributed by atoms with E-state index in [9.17, 15) is 4.79 Å². The molecule has 19 heavy (non-hydrogen) atoms. The summed E-state index contributed by atoms with van der Waals surface area (Å²) in [7, 11) is 0. The predicted molar refractivity (Wildman–Crippen MR) is 73.4 cm³/mol. The summed E-state index contributed by atoms with van der Waals surface area (Å²) < 4.78 is 0. The third-order valence-corrected chi connectivity index (χ3v) is 5.78. The van der Waals surface area contributed by atoms with Crippen molar-refractivity contribution < 1.29 is 4.79 Å². The van der Waals surface area contributed by atoms with Gasteiger partial charge in [0.25, 0.3) is 0 Å². The normalized spacial score (nSPS) is 39.4. The molecule has 3 heteroatoms. The Bertz CT molecular complexity index is 570. The first-order chi connectivity index (χ1) is 9.34. The first-order valence-corrected chi connectivity index (χ1v) is 7.47. The van der Waals surface area contributed by atoms with Gasteiger partial charge in [-0.05, 0) is 24.6 Å². The number of para-hydroxylation sites is 1. The lowest BCUT2D eigenvalue weighted by Gasteiger charge is -2.45. The van der Waals surface area contributed by atoms with Crippen molar-refractivity contribution >= 4 is 11.5 Å². The fraction of sp³-hybridized carbons (Fsp3) is 0.562. The molecule has 4 heterocycles. The molecule has 0 N–H and O–H groups in total. The lowest BCUT2D eigenvalue weighted by atomic mass is 9.77. The summed E-state index contributed by atoms with van der Waals surface area (Å²) >= 11 is 0. The average Bonchev–Trinajstić information content (AvgIpc) is 2.98. The van der Waals surface area contributed by atoms with E-state index in [1.165, 1.54) is 24.2 Å². The smallest absolute Gasteiger partial charge is 0.140 e. The van der Waals surface area contributed by atoms with Crippen molar-refractivity contribution in [3.63, 3.8) is 0 Å². The molecule has 3 fully saturated rings. The van der Waals surface area contributed by atoms with E-state index in [-0.39, 0.29) is 5.92 Å². The van der Waals surface area contributed by atoms with Gasteiger partial charge in [-0.15, -0.1) is 0 Å². The summed E-state index contributed by atoms with van der Waals surface area (Å²) in [5.74, 6) is 1.44. The van der Waals surface area contributed by atoms with E-state index < -0.39 is 0 Å². The maximum Gasteiger partial charge on any atom is 0.140 e. The molecule has 3 nitrogen and oxygen atoms in total. The number of nitrogens with zero attached hydrogens (tertiary/aromatic N) is 2. The average molecular weight is 254 g/mol. The van der Waals surface area contributed by atoms with Crippen LogP contribution in [0.3, 0.4) is 0 Å². The summed E-state index contributed by atoms with van der Waals surface area (Å²) in [4.78, 5) is 17.4. The van der Waals surface area contributed by atoms with Gasteiger partial charge in [0.15, 0.2) is 0 Å². The highest BCUT2D eigenvalue weighted by Gasteiger charge is 2.57. The second-order valence-electron chi connectivity index (χ2n) is 6.45. The molecule has 5 rings (SSSR count). The Balaban J connectivity index is 1.67. The number of carbonyl (C=O) groups is 1. The van der Waals surface area contributed by atoms with Crippen molar-refractivity contribution in [2.75, 3.05) is 24.5 Å². The second kappa shape index (κ2) is 3.40. The standard InChI is InChI=1S/C16H18N2O/c19-14-6-8-17-7-5-11-10-3-1-2-4-13(10)18-9-12(14)15(17)16(11)18/h1-4,11-12,15-16H,5-9H2. The molecule has 0 aliphatic carbocycles. The van der Waals surface area contributed by atoms with Gasteiger partial charge in [-0.2, -0.15) is 0 Å². The number of hydrogen-bond donors (Lipinski definition) is 0. The molecule has 4 aliphatic rings. The van der Waals surface area contributed by atoms with Crippen LogP contribution in [-0.4, -0.2) is 42.4 Å². The van der Waals surface area contributed by atoms with Gasteiger partial charge in [-0.1, -0.05) is 18.2 Å². The van der Waals surface area contributed by atoms with Crippen LogP contribution in [0.1, 0.15) is 24.3 Å². The van der Waals surface area contributed by atoms with Crippen LogP contribution in [0.5, 0.6) is 0 Å². The fourth-order valence-electron chi connectivity index (χ4n) is 5.07. The molecule has 0 radical (unpaired) electrons. The topological polar surface area (TPSA) is 23.6 Å². The van der Waals surface area contributed by atoms with Crippen LogP contribution in [0.15, 0.2) is 24.3 Å². The molecule has 4 aliphatic heterocycles. The summed E-state index contributed by atoms with van der Waals surface area (Å²) in [6.07, 6.45) is 2.03. The molecule has 98 valence electrons. The van der Waals surface area contributed by atoms with Gasteiger partial charge in [-0.3, -0.25) is 9.69 Å². The van der Waals surface area contributed by atoms with Crippen molar-refractivity contribution in [2.45, 2.75) is 30.8 Å². The van der Waals surface area contributed by atoms with Crippen molar-refractivity contribution in [1.82, 2.24) is 4.90 Å². The monoisotopic (exact) mass is 254 g/mol. The number of Topliss-reactive ketones (excluding diaryl/α,β-unsaturated/α-hetero) is 1. The summed E-state index contributed by atoms with van der Waals surface area (Å²) in [6.45, 7) is 3.13. The number of fused-ring (bicyclic) bond motifs is 3. The largest absolute Gasteiger partial charge is 0.365 e. The summed E-state index contributed by atoms with van der Waals surface area (Å²) in [6, 6.07) is 9.91. The maximum atomic E-state index is 12.2. The third-order valence-electron chi connectivity index (χ3n) is 5.78. The molecular formula is C16H18N2O. The molecular weight excluding hydrogens is 236 g/mol. The predicted octanol–water partition coefficient (Wildman–Crippen LogP) is 1.64. The highest BCUT2D eigenvalue weighted by molar-refractivity contribution is 5.85. The summed E-state index contributed by atoms with van der Waals surface area (Å²) in [5.41, 5.74) is 2.94. The van der Waals surface area contributed by atoms with Crippen molar-refractivity contribution in [3.05, 3.63) is 29.8 Å². The maximum absolute atomic E-state index is 12.2. The number of hydrogen-bond acceptors (Lipinski definition) is 3. The van der Waals surface area contributed by atoms with Crippen molar-refractivity contribution in [3.8, 4) is 0 Å². The Labute approximate surface area is 113 Å². The fourth-order valence-corrected chi connectivity index (χ4v) is 5.07. The van der Waals surface area contributed by atoms with E-state index >= 15 is 0 Å².